The average molecular weight is 222 g/mol. The maximum Gasteiger partial charge on any atom is 0.135 e. The van der Waals surface area contributed by atoms with Crippen LogP contribution >= 0.6 is 0 Å². The maximum absolute atomic E-state index is 10.1. The fraction of sp³-hybridized carbons (Fsp3) is 0.538. The van der Waals surface area contributed by atoms with E-state index in [1.54, 1.807) is 7.11 Å². The second-order valence-electron chi connectivity index (χ2n) is 4.55. The van der Waals surface area contributed by atoms with Crippen LogP contribution in [0.3, 0.4) is 0 Å². The minimum atomic E-state index is -0.479. The molecule has 1 aromatic carbocycles. The first kappa shape index (κ1) is 11.4. The first-order valence-electron chi connectivity index (χ1n) is 5.55. The molecule has 0 fully saturated rings. The fourth-order valence-corrected chi connectivity index (χ4v) is 2.13. The highest BCUT2D eigenvalue weighted by atomic mass is 16.5. The molecule has 3 atom stereocenters. The van der Waals surface area contributed by atoms with Crippen molar-refractivity contribution in [2.45, 2.75) is 38.1 Å². The van der Waals surface area contributed by atoms with E-state index in [0.29, 0.717) is 6.42 Å². The van der Waals surface area contributed by atoms with E-state index in [-0.39, 0.29) is 6.10 Å². The third-order valence-electron chi connectivity index (χ3n) is 3.43. The van der Waals surface area contributed by atoms with Gasteiger partial charge in [-0.1, -0.05) is 18.2 Å². The molecule has 0 amide bonds. The molecule has 1 aliphatic rings. The van der Waals surface area contributed by atoms with Crippen LogP contribution in [0.4, 0.5) is 0 Å². The van der Waals surface area contributed by atoms with Gasteiger partial charge in [-0.15, -0.1) is 0 Å². The van der Waals surface area contributed by atoms with Crippen molar-refractivity contribution in [1.29, 1.82) is 0 Å². The summed E-state index contributed by atoms with van der Waals surface area (Å²) in [7, 11) is 1.66. The largest absolute Gasteiger partial charge is 0.484 e. The van der Waals surface area contributed by atoms with Crippen molar-refractivity contribution in [3.63, 3.8) is 0 Å². The Morgan fingerprint density at radius 1 is 1.50 bits per heavy atom. The van der Waals surface area contributed by atoms with Gasteiger partial charge < -0.3 is 14.6 Å². The van der Waals surface area contributed by atoms with Crippen LogP contribution in [-0.2, 0) is 4.74 Å². The van der Waals surface area contributed by atoms with Crippen molar-refractivity contribution < 1.29 is 14.6 Å². The summed E-state index contributed by atoms with van der Waals surface area (Å²) in [6, 6.07) is 7.61. The molecular weight excluding hydrogens is 204 g/mol. The number of hydrogen-bond acceptors (Lipinski definition) is 3. The van der Waals surface area contributed by atoms with E-state index in [2.05, 4.69) is 0 Å². The zero-order valence-corrected chi connectivity index (χ0v) is 9.93. The quantitative estimate of drug-likeness (QED) is 0.834. The number of ether oxygens (including phenoxy) is 2. The molecule has 2 rings (SSSR count). The summed E-state index contributed by atoms with van der Waals surface area (Å²) in [5.74, 6) is 0.757. The van der Waals surface area contributed by atoms with Gasteiger partial charge >= 0.3 is 0 Å². The lowest BCUT2D eigenvalue weighted by Crippen LogP contribution is -2.47. The number of methoxy groups -OCH3 is 1. The van der Waals surface area contributed by atoms with Crippen LogP contribution in [0.15, 0.2) is 24.3 Å². The monoisotopic (exact) mass is 222 g/mol. The zero-order valence-electron chi connectivity index (χ0n) is 9.93. The highest BCUT2D eigenvalue weighted by Gasteiger charge is 2.41. The summed E-state index contributed by atoms with van der Waals surface area (Å²) in [6.45, 7) is 3.93. The Kier molecular flexibility index (Phi) is 2.91. The third kappa shape index (κ3) is 1.81. The predicted octanol–water partition coefficient (Wildman–Crippen LogP) is 2.30. The molecule has 3 heteroatoms. The van der Waals surface area contributed by atoms with Crippen molar-refractivity contribution in [1.82, 2.24) is 0 Å². The number of aliphatic hydroxyl groups is 1. The molecule has 16 heavy (non-hydrogen) atoms. The second-order valence-corrected chi connectivity index (χ2v) is 4.55. The van der Waals surface area contributed by atoms with E-state index in [9.17, 15) is 5.11 Å². The van der Waals surface area contributed by atoms with Crippen molar-refractivity contribution >= 4 is 0 Å². The molecule has 1 N–H and O–H groups in total. The van der Waals surface area contributed by atoms with Gasteiger partial charge in [-0.05, 0) is 19.9 Å². The van der Waals surface area contributed by atoms with E-state index in [1.165, 1.54) is 0 Å². The number of hydrogen-bond donors (Lipinski definition) is 1. The molecule has 88 valence electrons. The third-order valence-corrected chi connectivity index (χ3v) is 3.43. The molecule has 3 nitrogen and oxygen atoms in total. The number of fused-ring (bicyclic) bond motifs is 1. The van der Waals surface area contributed by atoms with E-state index >= 15 is 0 Å². The number of rotatable bonds is 2. The van der Waals surface area contributed by atoms with Gasteiger partial charge in [0.25, 0.3) is 0 Å². The number of aliphatic hydroxyl groups excluding tert-OH is 1. The van der Waals surface area contributed by atoms with Gasteiger partial charge in [0, 0.05) is 19.1 Å². The highest BCUT2D eigenvalue weighted by Crippen LogP contribution is 2.41. The first-order valence-corrected chi connectivity index (χ1v) is 5.55. The van der Waals surface area contributed by atoms with Gasteiger partial charge in [-0.3, -0.25) is 0 Å². The van der Waals surface area contributed by atoms with Gasteiger partial charge in [0.05, 0.1) is 12.2 Å². The van der Waals surface area contributed by atoms with Crippen LogP contribution in [0.5, 0.6) is 5.75 Å². The minimum absolute atomic E-state index is 0.0597. The smallest absolute Gasteiger partial charge is 0.135 e. The molecule has 1 aliphatic heterocycles. The van der Waals surface area contributed by atoms with Gasteiger partial charge in [0.15, 0.2) is 0 Å². The molecule has 1 aromatic rings. The van der Waals surface area contributed by atoms with Crippen molar-refractivity contribution in [3.8, 4) is 5.75 Å². The Hall–Kier alpha value is -1.06. The van der Waals surface area contributed by atoms with Crippen LogP contribution in [0.2, 0.25) is 0 Å². The number of para-hydroxylation sites is 1. The minimum Gasteiger partial charge on any atom is -0.484 e. The van der Waals surface area contributed by atoms with Crippen LogP contribution in [0, 0.1) is 0 Å². The normalized spacial score (nSPS) is 30.4. The molecule has 0 bridgehead atoms. The van der Waals surface area contributed by atoms with Gasteiger partial charge in [0.1, 0.15) is 11.4 Å². The number of benzene rings is 1. The average Bonchev–Trinajstić information content (AvgIpc) is 2.27. The molecule has 0 aromatic heterocycles. The first-order chi connectivity index (χ1) is 7.57. The Balaban J connectivity index is 2.33. The lowest BCUT2D eigenvalue weighted by Gasteiger charge is -2.41. The molecule has 2 unspecified atom stereocenters. The Labute approximate surface area is 96.0 Å². The van der Waals surface area contributed by atoms with E-state index in [0.717, 1.165) is 11.3 Å². The summed E-state index contributed by atoms with van der Waals surface area (Å²) in [6.07, 6.45) is 0.0157. The summed E-state index contributed by atoms with van der Waals surface area (Å²) in [4.78, 5) is 0. The molecule has 1 heterocycles. The van der Waals surface area contributed by atoms with Crippen molar-refractivity contribution in [3.05, 3.63) is 29.8 Å². The fourth-order valence-electron chi connectivity index (χ4n) is 2.13. The summed E-state index contributed by atoms with van der Waals surface area (Å²) >= 11 is 0. The lowest BCUT2D eigenvalue weighted by molar-refractivity contribution is -0.0919. The summed E-state index contributed by atoms with van der Waals surface area (Å²) in [5.41, 5.74) is 0.394. The van der Waals surface area contributed by atoms with Gasteiger partial charge in [0.2, 0.25) is 0 Å². The standard InChI is InChI=1S/C13H18O3/c1-9(15-3)13(2)8-11(14)10-6-4-5-7-12(10)16-13/h4-7,9,11,14H,8H2,1-3H3/t9?,11-,13?/m1/s1. The summed E-state index contributed by atoms with van der Waals surface area (Å²) in [5, 5.41) is 10.1. The zero-order chi connectivity index (χ0) is 11.8. The van der Waals surface area contributed by atoms with Crippen LogP contribution in [-0.4, -0.2) is 23.9 Å². The van der Waals surface area contributed by atoms with Gasteiger partial charge in [-0.2, -0.15) is 0 Å². The lowest BCUT2D eigenvalue weighted by atomic mass is 9.86. The molecule has 0 saturated heterocycles. The van der Waals surface area contributed by atoms with E-state index in [1.807, 2.05) is 38.1 Å². The topological polar surface area (TPSA) is 38.7 Å². The van der Waals surface area contributed by atoms with Crippen molar-refractivity contribution in [2.75, 3.05) is 7.11 Å². The Morgan fingerprint density at radius 3 is 2.88 bits per heavy atom. The van der Waals surface area contributed by atoms with Crippen LogP contribution < -0.4 is 4.74 Å². The van der Waals surface area contributed by atoms with Crippen molar-refractivity contribution in [2.24, 2.45) is 0 Å². The van der Waals surface area contributed by atoms with Crippen LogP contribution in [0.1, 0.15) is 31.9 Å². The molecule has 0 radical (unpaired) electrons. The Bertz CT molecular complexity index is 377. The summed E-state index contributed by atoms with van der Waals surface area (Å²) < 4.78 is 11.3. The molecule has 0 saturated carbocycles. The van der Waals surface area contributed by atoms with Crippen LogP contribution in [0.25, 0.3) is 0 Å². The van der Waals surface area contributed by atoms with E-state index in [4.69, 9.17) is 9.47 Å². The second kappa shape index (κ2) is 4.07. The Morgan fingerprint density at radius 2 is 2.19 bits per heavy atom. The molecule has 0 aliphatic carbocycles. The maximum atomic E-state index is 10.1. The highest BCUT2D eigenvalue weighted by molar-refractivity contribution is 5.38. The predicted molar refractivity (Wildman–Crippen MR) is 61.5 cm³/mol. The molecule has 0 spiro atoms. The SMILES string of the molecule is COC(C)C1(C)C[C@@H](O)c2ccccc2O1. The van der Waals surface area contributed by atoms with E-state index < -0.39 is 11.7 Å². The van der Waals surface area contributed by atoms with Gasteiger partial charge in [-0.25, -0.2) is 0 Å². The molecular formula is C13H18O3.